The normalized spacial score (nSPS) is 12.2. The highest BCUT2D eigenvalue weighted by Crippen LogP contribution is 2.19. The van der Waals surface area contributed by atoms with Crippen molar-refractivity contribution < 1.29 is 13.2 Å². The van der Waals surface area contributed by atoms with Crippen LogP contribution in [0.3, 0.4) is 0 Å². The van der Waals surface area contributed by atoms with E-state index in [9.17, 15) is 13.2 Å². The first-order chi connectivity index (χ1) is 8.06. The van der Waals surface area contributed by atoms with Crippen LogP contribution < -0.4 is 5.32 Å². The van der Waals surface area contributed by atoms with Crippen LogP contribution in [0.5, 0.6) is 0 Å². The van der Waals surface area contributed by atoms with E-state index in [2.05, 4.69) is 15.3 Å². The quantitative estimate of drug-likeness (QED) is 0.810. The van der Waals surface area contributed by atoms with E-state index in [0.29, 0.717) is 6.54 Å². The number of pyridine rings is 1. The van der Waals surface area contributed by atoms with E-state index in [1.54, 1.807) is 18.5 Å². The van der Waals surface area contributed by atoms with Crippen LogP contribution in [-0.4, -0.2) is 22.7 Å². The molecule has 0 aliphatic carbocycles. The highest BCUT2D eigenvalue weighted by atomic mass is 19.4. The van der Waals surface area contributed by atoms with Gasteiger partial charge in [-0.1, -0.05) is 0 Å². The van der Waals surface area contributed by atoms with Gasteiger partial charge in [0.2, 0.25) is 0 Å². The van der Waals surface area contributed by atoms with Gasteiger partial charge in [-0.05, 0) is 17.7 Å². The molecule has 0 aliphatic heterocycles. The number of hydrogen-bond acceptors (Lipinski definition) is 2. The molecule has 3 nitrogen and oxygen atoms in total. The molecule has 2 aromatic rings. The van der Waals surface area contributed by atoms with Gasteiger partial charge in [-0.25, -0.2) is 4.98 Å². The number of rotatable bonds is 4. The molecule has 2 N–H and O–H groups in total. The van der Waals surface area contributed by atoms with E-state index in [-0.39, 0.29) is 6.54 Å². The van der Waals surface area contributed by atoms with Crippen LogP contribution in [0, 0.1) is 0 Å². The maximum Gasteiger partial charge on any atom is 0.390 e. The van der Waals surface area contributed by atoms with E-state index in [4.69, 9.17) is 0 Å². The van der Waals surface area contributed by atoms with E-state index >= 15 is 0 Å². The summed E-state index contributed by atoms with van der Waals surface area (Å²) in [5, 5.41) is 3.71. The molecular formula is C11H12F3N3. The van der Waals surface area contributed by atoms with Crippen molar-refractivity contribution >= 4 is 11.0 Å². The second kappa shape index (κ2) is 4.75. The fourth-order valence-electron chi connectivity index (χ4n) is 1.61. The summed E-state index contributed by atoms with van der Waals surface area (Å²) in [5.74, 6) is 0. The molecule has 2 aromatic heterocycles. The molecular weight excluding hydrogens is 231 g/mol. The molecule has 6 heteroatoms. The lowest BCUT2D eigenvalue weighted by Crippen LogP contribution is -2.21. The minimum absolute atomic E-state index is 0.0730. The van der Waals surface area contributed by atoms with Gasteiger partial charge < -0.3 is 10.3 Å². The van der Waals surface area contributed by atoms with Crippen LogP contribution in [-0.2, 0) is 6.54 Å². The molecule has 0 saturated heterocycles. The zero-order valence-electron chi connectivity index (χ0n) is 9.01. The molecule has 0 bridgehead atoms. The van der Waals surface area contributed by atoms with Crippen LogP contribution >= 0.6 is 0 Å². The molecule has 0 amide bonds. The lowest BCUT2D eigenvalue weighted by atomic mass is 10.2. The minimum Gasteiger partial charge on any atom is -0.346 e. The van der Waals surface area contributed by atoms with Crippen molar-refractivity contribution in [3.63, 3.8) is 0 Å². The number of halogens is 3. The number of alkyl halides is 3. The smallest absolute Gasteiger partial charge is 0.346 e. The van der Waals surface area contributed by atoms with Gasteiger partial charge in [0.25, 0.3) is 0 Å². The molecule has 0 fully saturated rings. The topological polar surface area (TPSA) is 40.7 Å². The largest absolute Gasteiger partial charge is 0.390 e. The zero-order valence-corrected chi connectivity index (χ0v) is 9.01. The van der Waals surface area contributed by atoms with Gasteiger partial charge in [0.1, 0.15) is 5.65 Å². The minimum atomic E-state index is -4.10. The summed E-state index contributed by atoms with van der Waals surface area (Å²) in [4.78, 5) is 7.08. The Morgan fingerprint density at radius 3 is 2.94 bits per heavy atom. The van der Waals surface area contributed by atoms with Gasteiger partial charge in [0.15, 0.2) is 0 Å². The number of nitrogens with zero attached hydrogens (tertiary/aromatic N) is 1. The summed E-state index contributed by atoms with van der Waals surface area (Å²) in [6, 6.07) is 3.69. The zero-order chi connectivity index (χ0) is 12.3. The van der Waals surface area contributed by atoms with Crippen LogP contribution in [0.4, 0.5) is 13.2 Å². The predicted molar refractivity (Wildman–Crippen MR) is 58.5 cm³/mol. The summed E-state index contributed by atoms with van der Waals surface area (Å²) in [7, 11) is 0. The molecule has 0 aliphatic rings. The van der Waals surface area contributed by atoms with Gasteiger partial charge in [-0.3, -0.25) is 0 Å². The van der Waals surface area contributed by atoms with Crippen molar-refractivity contribution in [3.05, 3.63) is 30.1 Å². The number of aromatic nitrogens is 2. The molecule has 0 aromatic carbocycles. The Morgan fingerprint density at radius 2 is 2.18 bits per heavy atom. The Bertz CT molecular complexity index is 490. The Kier molecular flexibility index (Phi) is 3.33. The summed E-state index contributed by atoms with van der Waals surface area (Å²) in [6.07, 6.45) is -1.49. The average molecular weight is 243 g/mol. The summed E-state index contributed by atoms with van der Waals surface area (Å²) in [5.41, 5.74) is 1.68. The molecule has 92 valence electrons. The summed E-state index contributed by atoms with van der Waals surface area (Å²) in [6.45, 7) is 0.332. The highest BCUT2D eigenvalue weighted by Gasteiger charge is 2.25. The second-order valence-corrected chi connectivity index (χ2v) is 3.76. The Hall–Kier alpha value is -1.56. The van der Waals surface area contributed by atoms with Crippen molar-refractivity contribution in [2.75, 3.05) is 6.54 Å². The number of hydrogen-bond donors (Lipinski definition) is 2. The van der Waals surface area contributed by atoms with Crippen molar-refractivity contribution in [2.45, 2.75) is 19.1 Å². The van der Waals surface area contributed by atoms with Crippen molar-refractivity contribution in [3.8, 4) is 0 Å². The highest BCUT2D eigenvalue weighted by molar-refractivity contribution is 5.79. The Balaban J connectivity index is 1.91. The van der Waals surface area contributed by atoms with Gasteiger partial charge >= 0.3 is 6.18 Å². The van der Waals surface area contributed by atoms with Crippen molar-refractivity contribution in [2.24, 2.45) is 0 Å². The first kappa shape index (κ1) is 11.9. The standard InChI is InChI=1S/C11H12F3N3/c12-11(13,14)3-5-15-6-8-7-17-10-9(8)2-1-4-16-10/h1-2,4,7,15H,3,5-6H2,(H,16,17). The van der Waals surface area contributed by atoms with Gasteiger partial charge in [0.05, 0.1) is 6.42 Å². The van der Waals surface area contributed by atoms with Crippen LogP contribution in [0.25, 0.3) is 11.0 Å². The molecule has 0 radical (unpaired) electrons. The maximum absolute atomic E-state index is 11.9. The van der Waals surface area contributed by atoms with Crippen LogP contribution in [0.2, 0.25) is 0 Å². The molecule has 2 heterocycles. The number of fused-ring (bicyclic) bond motifs is 1. The van der Waals surface area contributed by atoms with Crippen LogP contribution in [0.1, 0.15) is 12.0 Å². The molecule has 0 unspecified atom stereocenters. The van der Waals surface area contributed by atoms with Gasteiger partial charge in [0, 0.05) is 30.9 Å². The fraction of sp³-hybridized carbons (Fsp3) is 0.364. The molecule has 0 atom stereocenters. The SMILES string of the molecule is FC(F)(F)CCNCc1c[nH]c2ncccc12. The third-order valence-corrected chi connectivity index (χ3v) is 2.44. The first-order valence-electron chi connectivity index (χ1n) is 5.25. The lowest BCUT2D eigenvalue weighted by molar-refractivity contribution is -0.133. The van der Waals surface area contributed by atoms with E-state index in [1.165, 1.54) is 0 Å². The predicted octanol–water partition coefficient (Wildman–Crippen LogP) is 2.60. The van der Waals surface area contributed by atoms with Gasteiger partial charge in [-0.2, -0.15) is 13.2 Å². The number of nitrogens with one attached hydrogen (secondary N) is 2. The second-order valence-electron chi connectivity index (χ2n) is 3.76. The fourth-order valence-corrected chi connectivity index (χ4v) is 1.61. The Labute approximate surface area is 96.0 Å². The maximum atomic E-state index is 11.9. The monoisotopic (exact) mass is 243 g/mol. The molecule has 0 spiro atoms. The Morgan fingerprint density at radius 1 is 1.35 bits per heavy atom. The number of aromatic amines is 1. The van der Waals surface area contributed by atoms with E-state index in [1.807, 2.05) is 6.07 Å². The van der Waals surface area contributed by atoms with E-state index < -0.39 is 12.6 Å². The van der Waals surface area contributed by atoms with Crippen LogP contribution in [0.15, 0.2) is 24.5 Å². The summed E-state index contributed by atoms with van der Waals surface area (Å²) < 4.78 is 35.8. The molecule has 0 saturated carbocycles. The van der Waals surface area contributed by atoms with Crippen molar-refractivity contribution in [1.82, 2.24) is 15.3 Å². The lowest BCUT2D eigenvalue weighted by Gasteiger charge is -2.06. The first-order valence-corrected chi connectivity index (χ1v) is 5.25. The third kappa shape index (κ3) is 3.20. The van der Waals surface area contributed by atoms with Gasteiger partial charge in [-0.15, -0.1) is 0 Å². The third-order valence-electron chi connectivity index (χ3n) is 2.44. The molecule has 2 rings (SSSR count). The molecule has 17 heavy (non-hydrogen) atoms. The van der Waals surface area contributed by atoms with E-state index in [0.717, 1.165) is 16.6 Å². The van der Waals surface area contributed by atoms with Crippen molar-refractivity contribution in [1.29, 1.82) is 0 Å². The average Bonchev–Trinajstić information content (AvgIpc) is 2.67. The summed E-state index contributed by atoms with van der Waals surface area (Å²) >= 11 is 0. The number of H-pyrrole nitrogens is 1.